The monoisotopic (exact) mass is 279 g/mol. The second-order valence-corrected chi connectivity index (χ2v) is 6.12. The van der Waals surface area contributed by atoms with Crippen LogP contribution < -0.4 is 10.6 Å². The molecule has 19 heavy (non-hydrogen) atoms. The van der Waals surface area contributed by atoms with E-state index < -0.39 is 0 Å². The number of pyridine rings is 1. The highest BCUT2D eigenvalue weighted by Crippen LogP contribution is 2.22. The highest BCUT2D eigenvalue weighted by atomic mass is 32.2. The topological polar surface area (TPSA) is 54.0 Å². The van der Waals surface area contributed by atoms with Gasteiger partial charge in [-0.05, 0) is 49.3 Å². The maximum absolute atomic E-state index is 12.1. The van der Waals surface area contributed by atoms with Crippen LogP contribution >= 0.6 is 11.8 Å². The summed E-state index contributed by atoms with van der Waals surface area (Å²) in [6.07, 6.45) is 2.42. The fourth-order valence-electron chi connectivity index (χ4n) is 2.22. The van der Waals surface area contributed by atoms with Crippen molar-refractivity contribution in [2.24, 2.45) is 5.92 Å². The van der Waals surface area contributed by atoms with Gasteiger partial charge in [0.2, 0.25) is 0 Å². The molecule has 0 saturated carbocycles. The molecule has 104 valence electrons. The maximum Gasteiger partial charge on any atom is 0.251 e. The average Bonchev–Trinajstić information content (AvgIpc) is 2.45. The highest BCUT2D eigenvalue weighted by molar-refractivity contribution is 7.99. The Morgan fingerprint density at radius 3 is 2.84 bits per heavy atom. The standard InChI is InChI=1S/C14H21N3OS/c1-10-7-12(8-13(15-2)17-10)14(18)16-9-11-3-5-19-6-4-11/h7-8,11H,3-6,9H2,1-2H3,(H,15,17)(H,16,18). The van der Waals surface area contributed by atoms with E-state index in [0.717, 1.165) is 18.1 Å². The molecule has 0 aromatic carbocycles. The molecule has 4 nitrogen and oxygen atoms in total. The normalized spacial score (nSPS) is 16.1. The van der Waals surface area contributed by atoms with E-state index in [1.165, 1.54) is 24.3 Å². The molecule has 1 fully saturated rings. The first-order chi connectivity index (χ1) is 9.19. The van der Waals surface area contributed by atoms with Crippen molar-refractivity contribution >= 4 is 23.5 Å². The van der Waals surface area contributed by atoms with Gasteiger partial charge in [0.15, 0.2) is 0 Å². The molecule has 1 aliphatic heterocycles. The van der Waals surface area contributed by atoms with Gasteiger partial charge in [0.1, 0.15) is 5.82 Å². The Morgan fingerprint density at radius 2 is 2.16 bits per heavy atom. The van der Waals surface area contributed by atoms with E-state index in [1.807, 2.05) is 31.8 Å². The SMILES string of the molecule is CNc1cc(C(=O)NCC2CCSCC2)cc(C)n1. The fraction of sp³-hybridized carbons (Fsp3) is 0.571. The van der Waals surface area contributed by atoms with E-state index in [1.54, 1.807) is 6.07 Å². The zero-order chi connectivity index (χ0) is 13.7. The number of hydrogen-bond acceptors (Lipinski definition) is 4. The number of carbonyl (C=O) groups excluding carboxylic acids is 1. The first-order valence-electron chi connectivity index (χ1n) is 6.71. The van der Waals surface area contributed by atoms with Gasteiger partial charge in [-0.25, -0.2) is 4.98 Å². The molecule has 2 N–H and O–H groups in total. The summed E-state index contributed by atoms with van der Waals surface area (Å²) in [4.78, 5) is 16.4. The van der Waals surface area contributed by atoms with Crippen molar-refractivity contribution in [3.63, 3.8) is 0 Å². The molecule has 1 aromatic rings. The molecule has 2 rings (SSSR count). The number of amides is 1. The second-order valence-electron chi connectivity index (χ2n) is 4.90. The van der Waals surface area contributed by atoms with E-state index in [4.69, 9.17) is 0 Å². The van der Waals surface area contributed by atoms with E-state index in [-0.39, 0.29) is 5.91 Å². The molecule has 1 aliphatic rings. The van der Waals surface area contributed by atoms with Crippen molar-refractivity contribution in [1.82, 2.24) is 10.3 Å². The van der Waals surface area contributed by atoms with Crippen LogP contribution in [0.2, 0.25) is 0 Å². The quantitative estimate of drug-likeness (QED) is 0.888. The third kappa shape index (κ3) is 4.13. The summed E-state index contributed by atoms with van der Waals surface area (Å²) in [5, 5.41) is 6.02. The summed E-state index contributed by atoms with van der Waals surface area (Å²) in [6, 6.07) is 3.62. The number of thioether (sulfide) groups is 1. The van der Waals surface area contributed by atoms with Crippen molar-refractivity contribution in [3.05, 3.63) is 23.4 Å². The second kappa shape index (κ2) is 6.80. The lowest BCUT2D eigenvalue weighted by Crippen LogP contribution is -2.31. The highest BCUT2D eigenvalue weighted by Gasteiger charge is 2.15. The predicted octanol–water partition coefficient (Wildman–Crippen LogP) is 2.30. The van der Waals surface area contributed by atoms with Crippen LogP contribution in [0.1, 0.15) is 28.9 Å². The Balaban J connectivity index is 1.93. The van der Waals surface area contributed by atoms with Crippen LogP contribution in [0.3, 0.4) is 0 Å². The van der Waals surface area contributed by atoms with Crippen LogP contribution in [-0.4, -0.2) is 36.0 Å². The number of anilines is 1. The van der Waals surface area contributed by atoms with Crippen LogP contribution in [-0.2, 0) is 0 Å². The molecule has 0 aliphatic carbocycles. The lowest BCUT2D eigenvalue weighted by molar-refractivity contribution is 0.0946. The number of rotatable bonds is 4. The number of aromatic nitrogens is 1. The van der Waals surface area contributed by atoms with Gasteiger partial charge in [0.05, 0.1) is 0 Å². The molecule has 1 amide bonds. The first-order valence-corrected chi connectivity index (χ1v) is 7.87. The van der Waals surface area contributed by atoms with Crippen LogP contribution in [0.4, 0.5) is 5.82 Å². The molecule has 5 heteroatoms. The van der Waals surface area contributed by atoms with Gasteiger partial charge < -0.3 is 10.6 Å². The van der Waals surface area contributed by atoms with Crippen molar-refractivity contribution in [3.8, 4) is 0 Å². The van der Waals surface area contributed by atoms with Gasteiger partial charge in [0, 0.05) is 24.8 Å². The van der Waals surface area contributed by atoms with Crippen LogP contribution in [0.25, 0.3) is 0 Å². The Bertz CT molecular complexity index is 444. The minimum absolute atomic E-state index is 0.000210. The molecule has 0 bridgehead atoms. The van der Waals surface area contributed by atoms with E-state index in [0.29, 0.717) is 11.5 Å². The van der Waals surface area contributed by atoms with Crippen molar-refractivity contribution < 1.29 is 4.79 Å². The average molecular weight is 279 g/mol. The first kappa shape index (κ1) is 14.2. The van der Waals surface area contributed by atoms with Gasteiger partial charge in [-0.15, -0.1) is 0 Å². The number of carbonyl (C=O) groups is 1. The van der Waals surface area contributed by atoms with E-state index in [2.05, 4.69) is 15.6 Å². The van der Waals surface area contributed by atoms with Gasteiger partial charge in [-0.2, -0.15) is 11.8 Å². The predicted molar refractivity (Wildman–Crippen MR) is 80.9 cm³/mol. The Morgan fingerprint density at radius 1 is 1.42 bits per heavy atom. The lowest BCUT2D eigenvalue weighted by atomic mass is 10.0. The number of nitrogens with zero attached hydrogens (tertiary/aromatic N) is 1. The summed E-state index contributed by atoms with van der Waals surface area (Å²) < 4.78 is 0. The molecule has 1 aromatic heterocycles. The number of nitrogens with one attached hydrogen (secondary N) is 2. The summed E-state index contributed by atoms with van der Waals surface area (Å²) in [7, 11) is 1.81. The molecule has 0 atom stereocenters. The van der Waals surface area contributed by atoms with Crippen molar-refractivity contribution in [2.45, 2.75) is 19.8 Å². The summed E-state index contributed by atoms with van der Waals surface area (Å²) in [5.74, 6) is 3.81. The molecule has 2 heterocycles. The van der Waals surface area contributed by atoms with Crippen LogP contribution in [0.5, 0.6) is 0 Å². The van der Waals surface area contributed by atoms with Gasteiger partial charge in [0.25, 0.3) is 5.91 Å². The summed E-state index contributed by atoms with van der Waals surface area (Å²) in [6.45, 7) is 2.69. The zero-order valence-electron chi connectivity index (χ0n) is 11.5. The molecule has 0 unspecified atom stereocenters. The Kier molecular flexibility index (Phi) is 5.07. The fourth-order valence-corrected chi connectivity index (χ4v) is 3.42. The minimum atomic E-state index is 0.000210. The van der Waals surface area contributed by atoms with Gasteiger partial charge in [-0.1, -0.05) is 0 Å². The third-order valence-electron chi connectivity index (χ3n) is 3.36. The molecule has 0 radical (unpaired) electrons. The lowest BCUT2D eigenvalue weighted by Gasteiger charge is -2.21. The zero-order valence-corrected chi connectivity index (χ0v) is 12.3. The molecule has 0 spiro atoms. The van der Waals surface area contributed by atoms with Crippen LogP contribution in [0.15, 0.2) is 12.1 Å². The Labute approximate surface area is 118 Å². The Hall–Kier alpha value is -1.23. The summed E-state index contributed by atoms with van der Waals surface area (Å²) in [5.41, 5.74) is 1.54. The molecule has 1 saturated heterocycles. The van der Waals surface area contributed by atoms with Crippen molar-refractivity contribution in [1.29, 1.82) is 0 Å². The number of hydrogen-bond donors (Lipinski definition) is 2. The maximum atomic E-state index is 12.1. The third-order valence-corrected chi connectivity index (χ3v) is 4.41. The largest absolute Gasteiger partial charge is 0.373 e. The smallest absolute Gasteiger partial charge is 0.251 e. The van der Waals surface area contributed by atoms with Gasteiger partial charge in [-0.3, -0.25) is 4.79 Å². The van der Waals surface area contributed by atoms with Crippen molar-refractivity contribution in [2.75, 3.05) is 30.4 Å². The van der Waals surface area contributed by atoms with E-state index in [9.17, 15) is 4.79 Å². The van der Waals surface area contributed by atoms with E-state index >= 15 is 0 Å². The van der Waals surface area contributed by atoms with Crippen LogP contribution in [0, 0.1) is 12.8 Å². The minimum Gasteiger partial charge on any atom is -0.373 e. The number of aryl methyl sites for hydroxylation is 1. The molecular formula is C14H21N3OS. The summed E-state index contributed by atoms with van der Waals surface area (Å²) >= 11 is 2.01. The molecular weight excluding hydrogens is 258 g/mol. The van der Waals surface area contributed by atoms with Gasteiger partial charge >= 0.3 is 0 Å².